The van der Waals surface area contributed by atoms with Crippen LogP contribution in [0.4, 0.5) is 0 Å². The van der Waals surface area contributed by atoms with Crippen molar-refractivity contribution in [2.24, 2.45) is 0 Å². The Morgan fingerprint density at radius 2 is 2.21 bits per heavy atom. The number of carboxylic acids is 1. The van der Waals surface area contributed by atoms with Gasteiger partial charge in [0.2, 0.25) is 0 Å². The van der Waals surface area contributed by atoms with Gasteiger partial charge in [-0.1, -0.05) is 11.6 Å². The first-order valence-corrected chi connectivity index (χ1v) is 6.28. The molecule has 2 aliphatic rings. The molecule has 0 aromatic carbocycles. The van der Waals surface area contributed by atoms with E-state index >= 15 is 0 Å². The van der Waals surface area contributed by atoms with E-state index in [9.17, 15) is 4.79 Å². The van der Waals surface area contributed by atoms with Crippen LogP contribution in [0.25, 0.3) is 5.57 Å². The maximum atomic E-state index is 11.2. The number of hydrogen-bond acceptors (Lipinski definition) is 3. The molecule has 0 radical (unpaired) electrons. The number of ether oxygens (including phenoxy) is 1. The van der Waals surface area contributed by atoms with E-state index in [1.165, 1.54) is 0 Å². The number of rotatable bonds is 1. The fraction of sp³-hybridized carbons (Fsp3) is 0.286. The summed E-state index contributed by atoms with van der Waals surface area (Å²) < 4.78 is 5.90. The zero-order valence-electron chi connectivity index (χ0n) is 10.5. The van der Waals surface area contributed by atoms with Crippen LogP contribution in [-0.4, -0.2) is 21.7 Å². The van der Waals surface area contributed by atoms with Crippen LogP contribution in [0.15, 0.2) is 29.6 Å². The summed E-state index contributed by atoms with van der Waals surface area (Å²) in [6.45, 7) is 3.82. The molecule has 2 heterocycles. The number of aromatic nitrogens is 1. The number of allylic oxidation sites excluding steroid dienone is 1. The van der Waals surface area contributed by atoms with Crippen LogP contribution in [0.2, 0.25) is 5.02 Å². The molecule has 0 saturated carbocycles. The van der Waals surface area contributed by atoms with Crippen LogP contribution in [0.5, 0.6) is 5.75 Å². The Balaban J connectivity index is 2.21. The SMILES string of the molecule is CC1(C)Oc2cncc(Cl)c2C2=C1C=C(C(=O)O)C2. The highest BCUT2D eigenvalue weighted by atomic mass is 35.5. The minimum Gasteiger partial charge on any atom is -0.481 e. The van der Waals surface area contributed by atoms with Crippen LogP contribution in [-0.2, 0) is 4.79 Å². The monoisotopic (exact) mass is 277 g/mol. The maximum Gasteiger partial charge on any atom is 0.331 e. The van der Waals surface area contributed by atoms with Crippen molar-refractivity contribution in [3.63, 3.8) is 0 Å². The largest absolute Gasteiger partial charge is 0.481 e. The third kappa shape index (κ3) is 1.75. The van der Waals surface area contributed by atoms with Gasteiger partial charge < -0.3 is 9.84 Å². The van der Waals surface area contributed by atoms with Gasteiger partial charge in [-0.3, -0.25) is 4.98 Å². The molecular weight excluding hydrogens is 266 g/mol. The normalized spacial score (nSPS) is 19.4. The summed E-state index contributed by atoms with van der Waals surface area (Å²) in [5.41, 5.74) is 2.36. The molecule has 1 aromatic rings. The van der Waals surface area contributed by atoms with Crippen LogP contribution in [0.1, 0.15) is 25.8 Å². The van der Waals surface area contributed by atoms with E-state index in [2.05, 4.69) is 4.98 Å². The van der Waals surface area contributed by atoms with Gasteiger partial charge in [0.05, 0.1) is 11.2 Å². The summed E-state index contributed by atoms with van der Waals surface area (Å²) in [7, 11) is 0. The van der Waals surface area contributed by atoms with Crippen molar-refractivity contribution in [2.75, 3.05) is 0 Å². The fourth-order valence-corrected chi connectivity index (χ4v) is 2.88. The lowest BCUT2D eigenvalue weighted by Crippen LogP contribution is -2.33. The number of carboxylic acid groups (broad SMARTS) is 1. The lowest BCUT2D eigenvalue weighted by Gasteiger charge is -2.34. The van der Waals surface area contributed by atoms with Crippen molar-refractivity contribution in [2.45, 2.75) is 25.9 Å². The van der Waals surface area contributed by atoms with E-state index < -0.39 is 11.6 Å². The van der Waals surface area contributed by atoms with Crippen molar-refractivity contribution in [1.29, 1.82) is 0 Å². The van der Waals surface area contributed by atoms with E-state index in [0.29, 0.717) is 22.8 Å². The summed E-state index contributed by atoms with van der Waals surface area (Å²) in [5, 5.41) is 9.65. The van der Waals surface area contributed by atoms with Gasteiger partial charge in [0.15, 0.2) is 0 Å². The topological polar surface area (TPSA) is 59.4 Å². The molecule has 0 fully saturated rings. The summed E-state index contributed by atoms with van der Waals surface area (Å²) in [6, 6.07) is 0. The van der Waals surface area contributed by atoms with E-state index in [1.807, 2.05) is 13.8 Å². The quantitative estimate of drug-likeness (QED) is 0.857. The van der Waals surface area contributed by atoms with Crippen molar-refractivity contribution in [3.8, 4) is 5.75 Å². The molecule has 0 unspecified atom stereocenters. The van der Waals surface area contributed by atoms with Gasteiger partial charge in [-0.25, -0.2) is 4.79 Å². The van der Waals surface area contributed by atoms with Crippen molar-refractivity contribution in [3.05, 3.63) is 40.2 Å². The Hall–Kier alpha value is -1.81. The lowest BCUT2D eigenvalue weighted by atomic mass is 9.88. The predicted octanol–water partition coefficient (Wildman–Crippen LogP) is 3.07. The summed E-state index contributed by atoms with van der Waals surface area (Å²) in [6.07, 6.45) is 5.22. The van der Waals surface area contributed by atoms with Gasteiger partial charge in [-0.15, -0.1) is 0 Å². The molecule has 4 nitrogen and oxygen atoms in total. The Labute approximate surface area is 115 Å². The molecule has 98 valence electrons. The highest BCUT2D eigenvalue weighted by Gasteiger charge is 2.39. The number of halogens is 1. The van der Waals surface area contributed by atoms with Crippen molar-refractivity contribution in [1.82, 2.24) is 4.98 Å². The van der Waals surface area contributed by atoms with E-state index in [1.54, 1.807) is 18.5 Å². The minimum absolute atomic E-state index is 0.363. The van der Waals surface area contributed by atoms with Crippen LogP contribution >= 0.6 is 11.6 Å². The molecule has 0 spiro atoms. The van der Waals surface area contributed by atoms with Crippen molar-refractivity contribution < 1.29 is 14.6 Å². The maximum absolute atomic E-state index is 11.2. The molecule has 1 aromatic heterocycles. The number of aliphatic carboxylic acids is 1. The van der Waals surface area contributed by atoms with Gasteiger partial charge in [0, 0.05) is 23.8 Å². The standard InChI is InChI=1S/C14H12ClNO3/c1-14(2)9-4-7(13(17)18)3-8(9)12-10(15)5-16-6-11(12)19-14/h4-6H,3H2,1-2H3,(H,17,18). The second kappa shape index (κ2) is 3.84. The average molecular weight is 278 g/mol. The van der Waals surface area contributed by atoms with Gasteiger partial charge in [-0.2, -0.15) is 0 Å². The van der Waals surface area contributed by atoms with Crippen LogP contribution in [0.3, 0.4) is 0 Å². The van der Waals surface area contributed by atoms with Crippen LogP contribution in [0, 0.1) is 0 Å². The number of pyridine rings is 1. The number of nitrogens with zero attached hydrogens (tertiary/aromatic N) is 1. The zero-order chi connectivity index (χ0) is 13.8. The smallest absolute Gasteiger partial charge is 0.331 e. The number of carbonyl (C=O) groups is 1. The Kier molecular flexibility index (Phi) is 2.47. The van der Waals surface area contributed by atoms with Gasteiger partial charge >= 0.3 is 5.97 Å². The van der Waals surface area contributed by atoms with E-state index in [-0.39, 0.29) is 0 Å². The first-order chi connectivity index (χ1) is 8.90. The van der Waals surface area contributed by atoms with Gasteiger partial charge in [-0.05, 0) is 31.1 Å². The zero-order valence-corrected chi connectivity index (χ0v) is 11.3. The molecular formula is C14H12ClNO3. The molecule has 1 aliphatic carbocycles. The molecule has 5 heteroatoms. The highest BCUT2D eigenvalue weighted by Crippen LogP contribution is 2.49. The third-order valence-electron chi connectivity index (χ3n) is 3.47. The average Bonchev–Trinajstić information content (AvgIpc) is 2.74. The van der Waals surface area contributed by atoms with Gasteiger partial charge in [0.1, 0.15) is 11.4 Å². The molecule has 3 rings (SSSR count). The predicted molar refractivity (Wildman–Crippen MR) is 71.2 cm³/mol. The van der Waals surface area contributed by atoms with Crippen molar-refractivity contribution >= 4 is 23.1 Å². The van der Waals surface area contributed by atoms with Gasteiger partial charge in [0.25, 0.3) is 0 Å². The fourth-order valence-electron chi connectivity index (χ4n) is 2.61. The summed E-state index contributed by atoms with van der Waals surface area (Å²) in [4.78, 5) is 15.2. The molecule has 0 amide bonds. The molecule has 0 saturated heterocycles. The molecule has 1 aliphatic heterocycles. The highest BCUT2D eigenvalue weighted by molar-refractivity contribution is 6.32. The summed E-state index contributed by atoms with van der Waals surface area (Å²) >= 11 is 6.18. The second-order valence-electron chi connectivity index (χ2n) is 5.15. The Bertz CT molecular complexity index is 659. The molecule has 0 bridgehead atoms. The number of fused-ring (bicyclic) bond motifs is 2. The first-order valence-electron chi connectivity index (χ1n) is 5.90. The minimum atomic E-state index is -0.906. The Morgan fingerprint density at radius 1 is 1.47 bits per heavy atom. The molecule has 0 atom stereocenters. The summed E-state index contributed by atoms with van der Waals surface area (Å²) in [5.74, 6) is -0.298. The van der Waals surface area contributed by atoms with Crippen LogP contribution < -0.4 is 4.74 Å². The second-order valence-corrected chi connectivity index (χ2v) is 5.56. The third-order valence-corrected chi connectivity index (χ3v) is 3.75. The lowest BCUT2D eigenvalue weighted by molar-refractivity contribution is -0.132. The molecule has 1 N–H and O–H groups in total. The Morgan fingerprint density at radius 3 is 2.89 bits per heavy atom. The first kappa shape index (κ1) is 12.2. The van der Waals surface area contributed by atoms with E-state index in [4.69, 9.17) is 21.4 Å². The molecule has 19 heavy (non-hydrogen) atoms. The number of hydrogen-bond donors (Lipinski definition) is 1. The van der Waals surface area contributed by atoms with E-state index in [0.717, 1.165) is 16.7 Å².